The number of anilines is 2. The van der Waals surface area contributed by atoms with Crippen LogP contribution < -0.4 is 10.6 Å². The molecule has 1 aromatic rings. The molecule has 0 aromatic carbocycles. The molecule has 13 heavy (non-hydrogen) atoms. The molecule has 1 aliphatic heterocycles. The van der Waals surface area contributed by atoms with Crippen LogP contribution in [0, 0.1) is 0 Å². The highest BCUT2D eigenvalue weighted by Crippen LogP contribution is 2.29. The highest BCUT2D eigenvalue weighted by atomic mass is 35.5. The second-order valence-corrected chi connectivity index (χ2v) is 3.33. The Balaban J connectivity index is 2.26. The lowest BCUT2D eigenvalue weighted by molar-refractivity contribution is 0.141. The molecule has 70 valence electrons. The summed E-state index contributed by atoms with van der Waals surface area (Å²) in [5, 5.41) is 9.44. The molecule has 3 N–H and O–H groups in total. The molecule has 6 heteroatoms. The number of aromatic nitrogens is 2. The lowest BCUT2D eigenvalue weighted by Gasteiger charge is -2.37. The van der Waals surface area contributed by atoms with Crippen LogP contribution in [0.3, 0.4) is 0 Å². The first-order valence-corrected chi connectivity index (χ1v) is 4.25. The quantitative estimate of drug-likeness (QED) is 0.662. The number of rotatable bonds is 1. The molecule has 0 aliphatic carbocycles. The average molecular weight is 201 g/mol. The lowest BCUT2D eigenvalue weighted by Crippen LogP contribution is -2.51. The molecule has 0 radical (unpaired) electrons. The van der Waals surface area contributed by atoms with Crippen LogP contribution in [0.15, 0.2) is 6.33 Å². The fourth-order valence-corrected chi connectivity index (χ4v) is 1.44. The van der Waals surface area contributed by atoms with E-state index in [1.807, 2.05) is 4.90 Å². The SMILES string of the molecule is Nc1ncnc(N2CC(O)C2)c1Cl. The number of aliphatic hydroxyl groups is 1. The normalized spacial score (nSPS) is 17.2. The summed E-state index contributed by atoms with van der Waals surface area (Å²) in [6.45, 7) is 1.10. The number of nitrogen functional groups attached to an aromatic ring is 1. The van der Waals surface area contributed by atoms with Crippen molar-refractivity contribution in [1.29, 1.82) is 0 Å². The summed E-state index contributed by atoms with van der Waals surface area (Å²) in [5.41, 5.74) is 5.50. The number of aliphatic hydroxyl groups excluding tert-OH is 1. The predicted octanol–water partition coefficient (Wildman–Crippen LogP) is -0.107. The Morgan fingerprint density at radius 1 is 1.54 bits per heavy atom. The van der Waals surface area contributed by atoms with Gasteiger partial charge in [0, 0.05) is 13.1 Å². The van der Waals surface area contributed by atoms with Crippen molar-refractivity contribution < 1.29 is 5.11 Å². The molecule has 5 nitrogen and oxygen atoms in total. The van der Waals surface area contributed by atoms with E-state index in [0.717, 1.165) is 0 Å². The van der Waals surface area contributed by atoms with E-state index in [1.54, 1.807) is 0 Å². The number of nitrogens with two attached hydrogens (primary N) is 1. The molecule has 1 saturated heterocycles. The molecule has 2 heterocycles. The molecule has 0 unspecified atom stereocenters. The Kier molecular flexibility index (Phi) is 1.97. The minimum Gasteiger partial charge on any atom is -0.389 e. The van der Waals surface area contributed by atoms with Crippen LogP contribution in [-0.2, 0) is 0 Å². The summed E-state index contributed by atoms with van der Waals surface area (Å²) >= 11 is 5.88. The average Bonchev–Trinajstić information content (AvgIpc) is 2.05. The lowest BCUT2D eigenvalue weighted by atomic mass is 10.2. The van der Waals surface area contributed by atoms with Crippen LogP contribution in [0.2, 0.25) is 5.02 Å². The Hall–Kier alpha value is -1.07. The number of β-amino-alcohol motifs (C(OH)–C–C–N with tert-alkyl or cyclic N) is 1. The largest absolute Gasteiger partial charge is 0.389 e. The molecule has 1 aromatic heterocycles. The fourth-order valence-electron chi connectivity index (χ4n) is 1.22. The Bertz CT molecular complexity index is 326. The monoisotopic (exact) mass is 200 g/mol. The van der Waals surface area contributed by atoms with Crippen molar-refractivity contribution >= 4 is 23.2 Å². The van der Waals surface area contributed by atoms with Crippen LogP contribution in [0.25, 0.3) is 0 Å². The highest BCUT2D eigenvalue weighted by Gasteiger charge is 2.27. The maximum Gasteiger partial charge on any atom is 0.153 e. The summed E-state index contributed by atoms with van der Waals surface area (Å²) in [5.74, 6) is 0.868. The van der Waals surface area contributed by atoms with Gasteiger partial charge in [-0.15, -0.1) is 0 Å². The highest BCUT2D eigenvalue weighted by molar-refractivity contribution is 6.35. The zero-order chi connectivity index (χ0) is 9.42. The molecule has 2 rings (SSSR count). The number of hydrogen-bond donors (Lipinski definition) is 2. The van der Waals surface area contributed by atoms with Gasteiger partial charge >= 0.3 is 0 Å². The number of nitrogens with zero attached hydrogens (tertiary/aromatic N) is 3. The van der Waals surface area contributed by atoms with Crippen molar-refractivity contribution in [1.82, 2.24) is 9.97 Å². The Morgan fingerprint density at radius 3 is 2.85 bits per heavy atom. The van der Waals surface area contributed by atoms with Crippen molar-refractivity contribution in [2.75, 3.05) is 23.7 Å². The first kappa shape index (κ1) is 8.52. The van der Waals surface area contributed by atoms with E-state index < -0.39 is 0 Å². The van der Waals surface area contributed by atoms with Gasteiger partial charge in [-0.25, -0.2) is 9.97 Å². The maximum absolute atomic E-state index is 9.08. The molecule has 0 spiro atoms. The van der Waals surface area contributed by atoms with Crippen LogP contribution in [0.1, 0.15) is 0 Å². The van der Waals surface area contributed by atoms with Gasteiger partial charge in [0.05, 0.1) is 6.10 Å². The minimum atomic E-state index is -0.285. The zero-order valence-electron chi connectivity index (χ0n) is 6.81. The number of hydrogen-bond acceptors (Lipinski definition) is 5. The minimum absolute atomic E-state index is 0.271. The van der Waals surface area contributed by atoms with Crippen molar-refractivity contribution in [2.45, 2.75) is 6.10 Å². The third-order valence-electron chi connectivity index (χ3n) is 1.96. The summed E-state index contributed by atoms with van der Waals surface area (Å²) in [7, 11) is 0. The summed E-state index contributed by atoms with van der Waals surface area (Å²) in [4.78, 5) is 9.58. The van der Waals surface area contributed by atoms with Crippen LogP contribution in [0.5, 0.6) is 0 Å². The van der Waals surface area contributed by atoms with E-state index in [-0.39, 0.29) is 11.9 Å². The van der Waals surface area contributed by atoms with Crippen LogP contribution in [-0.4, -0.2) is 34.3 Å². The second kappa shape index (κ2) is 3.01. The molecular weight excluding hydrogens is 192 g/mol. The fraction of sp³-hybridized carbons (Fsp3) is 0.429. The van der Waals surface area contributed by atoms with Crippen LogP contribution in [0.4, 0.5) is 11.6 Å². The molecule has 0 bridgehead atoms. The molecule has 1 aliphatic rings. The molecule has 1 fully saturated rings. The van der Waals surface area contributed by atoms with Gasteiger partial charge < -0.3 is 15.7 Å². The first-order chi connectivity index (χ1) is 6.18. The smallest absolute Gasteiger partial charge is 0.153 e. The second-order valence-electron chi connectivity index (χ2n) is 2.96. The van der Waals surface area contributed by atoms with E-state index in [2.05, 4.69) is 9.97 Å². The molecule has 0 atom stereocenters. The molecular formula is C7H9ClN4O. The van der Waals surface area contributed by atoms with E-state index in [4.69, 9.17) is 22.4 Å². The summed E-state index contributed by atoms with van der Waals surface area (Å²) < 4.78 is 0. The topological polar surface area (TPSA) is 75.3 Å². The van der Waals surface area contributed by atoms with Gasteiger partial charge in [0.2, 0.25) is 0 Å². The van der Waals surface area contributed by atoms with Crippen molar-refractivity contribution in [3.63, 3.8) is 0 Å². The van der Waals surface area contributed by atoms with E-state index in [9.17, 15) is 0 Å². The van der Waals surface area contributed by atoms with Gasteiger partial charge in [0.25, 0.3) is 0 Å². The molecule has 0 amide bonds. The van der Waals surface area contributed by atoms with E-state index in [0.29, 0.717) is 23.9 Å². The number of halogens is 1. The Labute approximate surface area is 80.2 Å². The summed E-state index contributed by atoms with van der Waals surface area (Å²) in [6.07, 6.45) is 1.08. The van der Waals surface area contributed by atoms with Gasteiger partial charge in [-0.05, 0) is 0 Å². The van der Waals surface area contributed by atoms with Crippen molar-refractivity contribution in [3.8, 4) is 0 Å². The van der Waals surface area contributed by atoms with Crippen molar-refractivity contribution in [2.24, 2.45) is 0 Å². The van der Waals surface area contributed by atoms with E-state index in [1.165, 1.54) is 6.33 Å². The first-order valence-electron chi connectivity index (χ1n) is 3.87. The third kappa shape index (κ3) is 1.40. The molecule has 0 saturated carbocycles. The summed E-state index contributed by atoms with van der Waals surface area (Å²) in [6, 6.07) is 0. The zero-order valence-corrected chi connectivity index (χ0v) is 7.57. The predicted molar refractivity (Wildman–Crippen MR) is 49.7 cm³/mol. The Morgan fingerprint density at radius 2 is 2.23 bits per heavy atom. The van der Waals surface area contributed by atoms with E-state index >= 15 is 0 Å². The van der Waals surface area contributed by atoms with Gasteiger partial charge in [-0.2, -0.15) is 0 Å². The van der Waals surface area contributed by atoms with Crippen LogP contribution >= 0.6 is 11.6 Å². The maximum atomic E-state index is 9.08. The van der Waals surface area contributed by atoms with Crippen molar-refractivity contribution in [3.05, 3.63) is 11.3 Å². The van der Waals surface area contributed by atoms with Gasteiger partial charge in [-0.1, -0.05) is 11.6 Å². The van der Waals surface area contributed by atoms with Gasteiger partial charge in [0.1, 0.15) is 17.2 Å². The third-order valence-corrected chi connectivity index (χ3v) is 2.32. The van der Waals surface area contributed by atoms with Gasteiger partial charge in [0.15, 0.2) is 5.82 Å². The van der Waals surface area contributed by atoms with Gasteiger partial charge in [-0.3, -0.25) is 0 Å². The standard InChI is InChI=1S/C7H9ClN4O/c8-5-6(9)10-3-11-7(5)12-1-4(13)2-12/h3-4,13H,1-2H2,(H2,9,10,11).